The Kier molecular flexibility index (Phi) is 6.40. The second kappa shape index (κ2) is 10.1. The van der Waals surface area contributed by atoms with E-state index in [0.717, 1.165) is 48.3 Å². The van der Waals surface area contributed by atoms with Crippen LogP contribution in [-0.4, -0.2) is 69.5 Å². The fourth-order valence-electron chi connectivity index (χ4n) is 6.83. The van der Waals surface area contributed by atoms with E-state index in [1.165, 1.54) is 0 Å². The second-order valence-electron chi connectivity index (χ2n) is 11.4. The fourth-order valence-corrected chi connectivity index (χ4v) is 6.96. The number of rotatable bonds is 5. The number of piperazine rings is 1. The number of nitrogens with one attached hydrogen (secondary N) is 1. The van der Waals surface area contributed by atoms with Gasteiger partial charge in [0.15, 0.2) is 0 Å². The van der Waals surface area contributed by atoms with Gasteiger partial charge in [-0.15, -0.1) is 0 Å². The van der Waals surface area contributed by atoms with Crippen molar-refractivity contribution in [2.45, 2.75) is 50.5 Å². The lowest BCUT2D eigenvalue weighted by molar-refractivity contribution is -0.136. The minimum Gasteiger partial charge on any atom is -0.330 e. The van der Waals surface area contributed by atoms with Gasteiger partial charge in [0.1, 0.15) is 6.04 Å². The van der Waals surface area contributed by atoms with Crippen molar-refractivity contribution in [1.29, 1.82) is 0 Å². The lowest BCUT2D eigenvalue weighted by atomic mass is 9.85. The first-order valence-electron chi connectivity index (χ1n) is 14.0. The molecule has 0 spiro atoms. The highest BCUT2D eigenvalue weighted by Crippen LogP contribution is 2.37. The van der Waals surface area contributed by atoms with Crippen LogP contribution in [0.2, 0.25) is 5.02 Å². The molecule has 0 aliphatic carbocycles. The summed E-state index contributed by atoms with van der Waals surface area (Å²) in [6, 6.07) is 20.9. The van der Waals surface area contributed by atoms with Crippen molar-refractivity contribution >= 4 is 35.2 Å². The Balaban J connectivity index is 1.02. The number of imide groups is 1. The molecular weight excluding hydrogens is 540 g/mol. The van der Waals surface area contributed by atoms with Crippen LogP contribution in [0.5, 0.6) is 0 Å². The summed E-state index contributed by atoms with van der Waals surface area (Å²) in [7, 11) is 0. The molecule has 0 radical (unpaired) electrons. The van der Waals surface area contributed by atoms with Crippen LogP contribution in [0.3, 0.4) is 0 Å². The number of fused-ring (bicyclic) bond motifs is 3. The lowest BCUT2D eigenvalue weighted by Gasteiger charge is -2.56. The van der Waals surface area contributed by atoms with Crippen LogP contribution in [0.15, 0.2) is 66.7 Å². The number of halogens is 1. The molecule has 2 bridgehead atoms. The molecule has 0 saturated carbocycles. The zero-order valence-corrected chi connectivity index (χ0v) is 23.1. The molecule has 41 heavy (non-hydrogen) atoms. The van der Waals surface area contributed by atoms with Crippen molar-refractivity contribution in [3.63, 3.8) is 0 Å². The van der Waals surface area contributed by atoms with Gasteiger partial charge < -0.3 is 9.80 Å². The van der Waals surface area contributed by atoms with Gasteiger partial charge in [-0.05, 0) is 59.4 Å². The largest absolute Gasteiger partial charge is 0.330 e. The quantitative estimate of drug-likeness (QED) is 0.472. The average Bonchev–Trinajstić information content (AvgIpc) is 3.28. The van der Waals surface area contributed by atoms with Crippen molar-refractivity contribution in [2.24, 2.45) is 0 Å². The lowest BCUT2D eigenvalue weighted by Crippen LogP contribution is -2.69. The maximum atomic E-state index is 13.7. The van der Waals surface area contributed by atoms with E-state index in [1.807, 2.05) is 65.6 Å². The Hall–Kier alpha value is -4.01. The first kappa shape index (κ1) is 25.9. The van der Waals surface area contributed by atoms with E-state index >= 15 is 0 Å². The zero-order valence-electron chi connectivity index (χ0n) is 22.4. The van der Waals surface area contributed by atoms with E-state index in [0.29, 0.717) is 29.1 Å². The number of carbonyl (C=O) groups is 4. The van der Waals surface area contributed by atoms with Gasteiger partial charge in [0, 0.05) is 60.8 Å². The van der Waals surface area contributed by atoms with Gasteiger partial charge in [0.2, 0.25) is 11.8 Å². The smallest absolute Gasteiger partial charge is 0.255 e. The van der Waals surface area contributed by atoms with Crippen LogP contribution < -0.4 is 5.32 Å². The number of nitrogens with zero attached hydrogens (tertiary/aromatic N) is 3. The molecule has 4 amide bonds. The molecule has 8 rings (SSSR count). The third kappa shape index (κ3) is 4.61. The molecule has 208 valence electrons. The molecule has 3 aromatic carbocycles. The number of benzene rings is 3. The fraction of sp³-hybridized carbons (Fsp3) is 0.312. The van der Waals surface area contributed by atoms with Crippen molar-refractivity contribution < 1.29 is 19.2 Å². The average molecular weight is 569 g/mol. The van der Waals surface area contributed by atoms with Gasteiger partial charge in [-0.3, -0.25) is 29.4 Å². The van der Waals surface area contributed by atoms with Gasteiger partial charge >= 0.3 is 0 Å². The maximum absolute atomic E-state index is 13.7. The van der Waals surface area contributed by atoms with Crippen LogP contribution in [0, 0.1) is 0 Å². The van der Waals surface area contributed by atoms with Gasteiger partial charge in [-0.25, -0.2) is 0 Å². The highest BCUT2D eigenvalue weighted by Gasteiger charge is 2.47. The van der Waals surface area contributed by atoms with Crippen LogP contribution in [-0.2, 0) is 22.7 Å². The molecule has 4 saturated heterocycles. The van der Waals surface area contributed by atoms with Crippen LogP contribution in [0.25, 0.3) is 11.1 Å². The van der Waals surface area contributed by atoms with Crippen molar-refractivity contribution in [2.75, 3.05) is 13.1 Å². The molecule has 9 heteroatoms. The summed E-state index contributed by atoms with van der Waals surface area (Å²) in [5.74, 6) is -0.775. The SMILES string of the molecule is O=C1CCC(N2Cc3cc(CN4CC5CC(C4)N5C(=O)c4ccccc4-c4ccc(Cl)cc4)ccc3C2=O)C(=O)N1. The van der Waals surface area contributed by atoms with Gasteiger partial charge in [0.05, 0.1) is 0 Å². The minimum atomic E-state index is -0.612. The third-order valence-corrected chi connectivity index (χ3v) is 9.06. The molecule has 3 atom stereocenters. The normalized spacial score (nSPS) is 23.7. The molecular formula is C32H29ClN4O4. The van der Waals surface area contributed by atoms with E-state index in [1.54, 1.807) is 4.90 Å². The summed E-state index contributed by atoms with van der Waals surface area (Å²) < 4.78 is 0. The summed E-state index contributed by atoms with van der Waals surface area (Å²) in [6.07, 6.45) is 1.60. The molecule has 5 aliphatic heterocycles. The van der Waals surface area contributed by atoms with Crippen LogP contribution >= 0.6 is 11.6 Å². The van der Waals surface area contributed by atoms with Gasteiger partial charge in [-0.2, -0.15) is 0 Å². The first-order chi connectivity index (χ1) is 19.9. The molecule has 3 aromatic rings. The second-order valence-corrected chi connectivity index (χ2v) is 11.8. The third-order valence-electron chi connectivity index (χ3n) is 8.81. The summed E-state index contributed by atoms with van der Waals surface area (Å²) in [5, 5.41) is 3.01. The molecule has 4 fully saturated rings. The Morgan fingerprint density at radius 2 is 1.68 bits per heavy atom. The Morgan fingerprint density at radius 3 is 2.44 bits per heavy atom. The summed E-state index contributed by atoms with van der Waals surface area (Å²) in [6.45, 7) is 2.69. The summed E-state index contributed by atoms with van der Waals surface area (Å²) in [5.41, 5.74) is 5.23. The number of amides is 4. The van der Waals surface area contributed by atoms with Crippen LogP contribution in [0.1, 0.15) is 51.1 Å². The Bertz CT molecular complexity index is 1580. The van der Waals surface area contributed by atoms with Gasteiger partial charge in [-0.1, -0.05) is 54.1 Å². The summed E-state index contributed by atoms with van der Waals surface area (Å²) in [4.78, 5) is 56.7. The Morgan fingerprint density at radius 1 is 0.927 bits per heavy atom. The highest BCUT2D eigenvalue weighted by atomic mass is 35.5. The van der Waals surface area contributed by atoms with Crippen molar-refractivity contribution in [3.05, 3.63) is 94.0 Å². The molecule has 0 aromatic heterocycles. The van der Waals surface area contributed by atoms with E-state index in [2.05, 4.69) is 16.3 Å². The molecule has 3 unspecified atom stereocenters. The number of piperidine rings is 2. The van der Waals surface area contributed by atoms with E-state index in [4.69, 9.17) is 11.6 Å². The predicted octanol–water partition coefficient (Wildman–Crippen LogP) is 3.87. The molecule has 5 aliphatic rings. The van der Waals surface area contributed by atoms with Crippen LogP contribution in [0.4, 0.5) is 0 Å². The first-order valence-corrected chi connectivity index (χ1v) is 14.4. The van der Waals surface area contributed by atoms with Gasteiger partial charge in [0.25, 0.3) is 11.8 Å². The predicted molar refractivity (Wildman–Crippen MR) is 153 cm³/mol. The van der Waals surface area contributed by atoms with E-state index < -0.39 is 11.9 Å². The number of hydrogen-bond donors (Lipinski definition) is 1. The zero-order chi connectivity index (χ0) is 28.2. The maximum Gasteiger partial charge on any atom is 0.255 e. The number of carbonyl (C=O) groups excluding carboxylic acids is 4. The molecule has 8 nitrogen and oxygen atoms in total. The standard InChI is InChI=1S/C32H29ClN4O4/c33-22-8-6-20(7-9-22)25-3-1-2-4-27(25)32(41)37-23-14-24(37)18-35(17-23)15-19-5-10-26-21(13-19)16-36(31(26)40)28-11-12-29(38)34-30(28)39/h1-10,13,23-24,28H,11-12,14-18H2,(H,34,38,39). The topological polar surface area (TPSA) is 90.0 Å². The Labute approximate surface area is 242 Å². The number of hydrogen-bond acceptors (Lipinski definition) is 5. The molecule has 1 N–H and O–H groups in total. The van der Waals surface area contributed by atoms with Crippen molar-refractivity contribution in [1.82, 2.24) is 20.0 Å². The van der Waals surface area contributed by atoms with Crippen molar-refractivity contribution in [3.8, 4) is 11.1 Å². The highest BCUT2D eigenvalue weighted by molar-refractivity contribution is 6.30. The summed E-state index contributed by atoms with van der Waals surface area (Å²) >= 11 is 6.08. The van der Waals surface area contributed by atoms with E-state index in [9.17, 15) is 19.2 Å². The minimum absolute atomic E-state index is 0.0704. The molecule has 5 heterocycles. The monoisotopic (exact) mass is 568 g/mol. The van der Waals surface area contributed by atoms with E-state index in [-0.39, 0.29) is 36.2 Å².